The van der Waals surface area contributed by atoms with Gasteiger partial charge < -0.3 is 5.32 Å². The average Bonchev–Trinajstić information content (AvgIpc) is 2.72. The first-order valence-electron chi connectivity index (χ1n) is 7.48. The summed E-state index contributed by atoms with van der Waals surface area (Å²) in [5.41, 5.74) is -0.253. The number of allylic oxidation sites excluding steroid dienone is 1. The van der Waals surface area contributed by atoms with Gasteiger partial charge in [0.2, 0.25) is 0 Å². The highest BCUT2D eigenvalue weighted by atomic mass is 35.5. The lowest BCUT2D eigenvalue weighted by molar-refractivity contribution is -0.131. The number of nitrogens with one attached hydrogen (secondary N) is 1. The van der Waals surface area contributed by atoms with Gasteiger partial charge in [0, 0.05) is 12.1 Å². The van der Waals surface area contributed by atoms with Crippen molar-refractivity contribution in [2.75, 3.05) is 7.05 Å². The fourth-order valence-electron chi connectivity index (χ4n) is 2.82. The molecule has 1 aliphatic rings. The highest BCUT2D eigenvalue weighted by molar-refractivity contribution is 6.30. The minimum Gasteiger partial charge on any atom is -0.319 e. The SMILES string of the molecule is C=CCCCCCC1(c2cccc(Cl)c2)NC(=O)N(C)C1=O. The van der Waals surface area contributed by atoms with Crippen LogP contribution in [0, 0.1) is 0 Å². The number of hydrogen-bond donors (Lipinski definition) is 1. The second kappa shape index (κ2) is 6.97. The van der Waals surface area contributed by atoms with Crippen LogP contribution in [-0.2, 0) is 10.3 Å². The summed E-state index contributed by atoms with van der Waals surface area (Å²) in [6.45, 7) is 3.71. The number of rotatable bonds is 7. The molecular formula is C17H21ClN2O2. The molecular weight excluding hydrogens is 300 g/mol. The second-order valence-corrected chi connectivity index (χ2v) is 6.03. The number of nitrogens with zero attached hydrogens (tertiary/aromatic N) is 1. The van der Waals surface area contributed by atoms with Crippen molar-refractivity contribution in [1.82, 2.24) is 10.2 Å². The van der Waals surface area contributed by atoms with Crippen LogP contribution in [0.5, 0.6) is 0 Å². The Morgan fingerprint density at radius 1 is 1.32 bits per heavy atom. The molecule has 1 unspecified atom stereocenters. The maximum Gasteiger partial charge on any atom is 0.325 e. The fraction of sp³-hybridized carbons (Fsp3) is 0.412. The number of urea groups is 1. The average molecular weight is 321 g/mol. The normalized spacial score (nSPS) is 21.1. The van der Waals surface area contributed by atoms with E-state index in [1.54, 1.807) is 18.2 Å². The molecule has 0 spiro atoms. The lowest BCUT2D eigenvalue weighted by Gasteiger charge is -2.27. The molecule has 5 heteroatoms. The van der Waals surface area contributed by atoms with E-state index in [-0.39, 0.29) is 11.9 Å². The Bertz CT molecular complexity index is 588. The van der Waals surface area contributed by atoms with Crippen molar-refractivity contribution in [2.45, 2.75) is 37.6 Å². The van der Waals surface area contributed by atoms with Crippen LogP contribution >= 0.6 is 11.6 Å². The maximum absolute atomic E-state index is 12.7. The maximum atomic E-state index is 12.7. The molecule has 1 aromatic carbocycles. The number of likely N-dealkylation sites (N-methyl/N-ethyl adjacent to an activating group) is 1. The molecule has 118 valence electrons. The third-order valence-corrected chi connectivity index (χ3v) is 4.31. The van der Waals surface area contributed by atoms with Crippen molar-refractivity contribution in [2.24, 2.45) is 0 Å². The van der Waals surface area contributed by atoms with E-state index in [1.807, 2.05) is 12.1 Å². The summed E-state index contributed by atoms with van der Waals surface area (Å²) in [4.78, 5) is 25.7. The Balaban J connectivity index is 2.24. The van der Waals surface area contributed by atoms with Gasteiger partial charge in [-0.25, -0.2) is 4.79 Å². The van der Waals surface area contributed by atoms with Gasteiger partial charge in [0.15, 0.2) is 0 Å². The molecule has 1 saturated heterocycles. The topological polar surface area (TPSA) is 49.4 Å². The van der Waals surface area contributed by atoms with Gasteiger partial charge in [0.05, 0.1) is 0 Å². The Morgan fingerprint density at radius 3 is 2.68 bits per heavy atom. The molecule has 1 fully saturated rings. The van der Waals surface area contributed by atoms with E-state index in [2.05, 4.69) is 11.9 Å². The van der Waals surface area contributed by atoms with Gasteiger partial charge in [-0.1, -0.05) is 42.7 Å². The van der Waals surface area contributed by atoms with Crippen molar-refractivity contribution in [1.29, 1.82) is 0 Å². The summed E-state index contributed by atoms with van der Waals surface area (Å²) in [6, 6.07) is 6.79. The Morgan fingerprint density at radius 2 is 2.09 bits per heavy atom. The number of hydrogen-bond acceptors (Lipinski definition) is 2. The first kappa shape index (κ1) is 16.6. The summed E-state index contributed by atoms with van der Waals surface area (Å²) >= 11 is 6.06. The predicted octanol–water partition coefficient (Wildman–Crippen LogP) is 3.85. The molecule has 4 nitrogen and oxygen atoms in total. The number of carbonyl (C=O) groups excluding carboxylic acids is 2. The lowest BCUT2D eigenvalue weighted by Crippen LogP contribution is -2.43. The van der Waals surface area contributed by atoms with Gasteiger partial charge in [0.1, 0.15) is 5.54 Å². The number of benzene rings is 1. The predicted molar refractivity (Wildman–Crippen MR) is 87.7 cm³/mol. The first-order valence-corrected chi connectivity index (χ1v) is 7.86. The number of unbranched alkanes of at least 4 members (excludes halogenated alkanes) is 3. The zero-order chi connectivity index (χ0) is 16.2. The molecule has 1 heterocycles. The zero-order valence-corrected chi connectivity index (χ0v) is 13.5. The summed E-state index contributed by atoms with van der Waals surface area (Å²) in [6.07, 6.45) is 6.29. The summed E-state index contributed by atoms with van der Waals surface area (Å²) < 4.78 is 0. The van der Waals surface area contributed by atoms with Crippen LogP contribution in [0.25, 0.3) is 0 Å². The van der Waals surface area contributed by atoms with Gasteiger partial charge in [-0.05, 0) is 37.0 Å². The van der Waals surface area contributed by atoms with Crippen molar-refractivity contribution < 1.29 is 9.59 Å². The van der Waals surface area contributed by atoms with Gasteiger partial charge in [0.25, 0.3) is 5.91 Å². The number of carbonyl (C=O) groups is 2. The molecule has 3 amide bonds. The molecule has 1 aromatic rings. The minimum atomic E-state index is -0.995. The van der Waals surface area contributed by atoms with E-state index in [1.165, 1.54) is 7.05 Å². The van der Waals surface area contributed by atoms with Crippen molar-refractivity contribution in [3.63, 3.8) is 0 Å². The quantitative estimate of drug-likeness (QED) is 0.471. The van der Waals surface area contributed by atoms with Crippen LogP contribution in [0.1, 0.15) is 37.7 Å². The monoisotopic (exact) mass is 320 g/mol. The smallest absolute Gasteiger partial charge is 0.319 e. The second-order valence-electron chi connectivity index (χ2n) is 5.60. The summed E-state index contributed by atoms with van der Waals surface area (Å²) in [7, 11) is 1.50. The lowest BCUT2D eigenvalue weighted by atomic mass is 9.84. The van der Waals surface area contributed by atoms with Gasteiger partial charge >= 0.3 is 6.03 Å². The van der Waals surface area contributed by atoms with Gasteiger partial charge in [-0.2, -0.15) is 0 Å². The molecule has 22 heavy (non-hydrogen) atoms. The molecule has 1 atom stereocenters. The van der Waals surface area contributed by atoms with E-state index >= 15 is 0 Å². The standard InChI is InChI=1S/C17H21ClN2O2/c1-3-4-5-6-7-11-17(13-9-8-10-14(18)12-13)15(21)20(2)16(22)19-17/h3,8-10,12H,1,4-7,11H2,2H3,(H,19,22). The molecule has 0 aliphatic carbocycles. The highest BCUT2D eigenvalue weighted by Gasteiger charge is 2.50. The van der Waals surface area contributed by atoms with Gasteiger partial charge in [-0.3, -0.25) is 9.69 Å². The van der Waals surface area contributed by atoms with Crippen molar-refractivity contribution in [3.05, 3.63) is 47.5 Å². The fourth-order valence-corrected chi connectivity index (χ4v) is 3.01. The zero-order valence-electron chi connectivity index (χ0n) is 12.8. The van der Waals surface area contributed by atoms with E-state index < -0.39 is 5.54 Å². The Labute approximate surface area is 136 Å². The third kappa shape index (κ3) is 3.17. The molecule has 1 N–H and O–H groups in total. The third-order valence-electron chi connectivity index (χ3n) is 4.07. The van der Waals surface area contributed by atoms with Crippen molar-refractivity contribution in [3.8, 4) is 0 Å². The van der Waals surface area contributed by atoms with Crippen LogP contribution in [-0.4, -0.2) is 23.9 Å². The highest BCUT2D eigenvalue weighted by Crippen LogP contribution is 2.34. The molecule has 0 saturated carbocycles. The van der Waals surface area contributed by atoms with E-state index in [4.69, 9.17) is 11.6 Å². The number of imide groups is 1. The van der Waals surface area contributed by atoms with Crippen LogP contribution in [0.3, 0.4) is 0 Å². The summed E-state index contributed by atoms with van der Waals surface area (Å²) in [5.74, 6) is -0.219. The van der Waals surface area contributed by atoms with E-state index in [0.717, 1.165) is 36.1 Å². The van der Waals surface area contributed by atoms with Crippen molar-refractivity contribution >= 4 is 23.5 Å². The number of halogens is 1. The number of amides is 3. The first-order chi connectivity index (χ1) is 10.5. The van der Waals surface area contributed by atoms with Crippen LogP contribution in [0.2, 0.25) is 5.02 Å². The van der Waals surface area contributed by atoms with Crippen LogP contribution < -0.4 is 5.32 Å². The molecule has 0 aromatic heterocycles. The Hall–Kier alpha value is -1.81. The van der Waals surface area contributed by atoms with E-state index in [9.17, 15) is 9.59 Å². The Kier molecular flexibility index (Phi) is 5.24. The molecule has 0 radical (unpaired) electrons. The molecule has 0 bridgehead atoms. The molecule has 2 rings (SSSR count). The minimum absolute atomic E-state index is 0.219. The van der Waals surface area contributed by atoms with E-state index in [0.29, 0.717) is 11.4 Å². The van der Waals surface area contributed by atoms with Crippen LogP contribution in [0.4, 0.5) is 4.79 Å². The van der Waals surface area contributed by atoms with Crippen LogP contribution in [0.15, 0.2) is 36.9 Å². The molecule has 1 aliphatic heterocycles. The van der Waals surface area contributed by atoms with Gasteiger partial charge in [-0.15, -0.1) is 6.58 Å². The largest absolute Gasteiger partial charge is 0.325 e. The summed E-state index contributed by atoms with van der Waals surface area (Å²) in [5, 5.41) is 3.42.